The summed E-state index contributed by atoms with van der Waals surface area (Å²) in [6.45, 7) is 7.35. The molecule has 5 heteroatoms. The van der Waals surface area contributed by atoms with Crippen molar-refractivity contribution in [3.63, 3.8) is 0 Å². The van der Waals surface area contributed by atoms with Crippen molar-refractivity contribution in [2.45, 2.75) is 39.2 Å². The van der Waals surface area contributed by atoms with Gasteiger partial charge in [-0.2, -0.15) is 0 Å². The first-order chi connectivity index (χ1) is 9.11. The monoisotopic (exact) mass is 270 g/mol. The van der Waals surface area contributed by atoms with Gasteiger partial charge in [0.15, 0.2) is 0 Å². The Hall–Kier alpha value is -0.940. The van der Waals surface area contributed by atoms with Crippen LogP contribution in [0.25, 0.3) is 0 Å². The maximum atomic E-state index is 11.7. The van der Waals surface area contributed by atoms with Gasteiger partial charge < -0.3 is 14.8 Å². The van der Waals surface area contributed by atoms with Gasteiger partial charge >= 0.3 is 0 Å². The number of nitrogens with one attached hydrogen (secondary N) is 1. The number of carbonyl (C=O) groups is 2. The molecule has 0 bridgehead atoms. The van der Waals surface area contributed by atoms with E-state index in [0.717, 1.165) is 32.1 Å². The van der Waals surface area contributed by atoms with E-state index in [1.165, 1.54) is 0 Å². The molecule has 1 aliphatic heterocycles. The number of ether oxygens (including phenoxy) is 1. The minimum Gasteiger partial charge on any atom is -0.379 e. The highest BCUT2D eigenvalue weighted by molar-refractivity contribution is 5.78. The van der Waals surface area contributed by atoms with Crippen LogP contribution in [0.3, 0.4) is 0 Å². The first kappa shape index (κ1) is 16.1. The van der Waals surface area contributed by atoms with E-state index in [9.17, 15) is 9.59 Å². The van der Waals surface area contributed by atoms with Gasteiger partial charge in [-0.05, 0) is 39.7 Å². The van der Waals surface area contributed by atoms with Crippen LogP contribution >= 0.6 is 0 Å². The third-order valence-electron chi connectivity index (χ3n) is 3.20. The van der Waals surface area contributed by atoms with Crippen LogP contribution in [0.15, 0.2) is 0 Å². The van der Waals surface area contributed by atoms with E-state index in [-0.39, 0.29) is 17.9 Å². The maximum absolute atomic E-state index is 11.7. The lowest BCUT2D eigenvalue weighted by molar-refractivity contribution is -0.123. The van der Waals surface area contributed by atoms with Gasteiger partial charge in [-0.3, -0.25) is 9.69 Å². The number of aldehydes is 1. The number of piperidine rings is 1. The molecule has 1 fully saturated rings. The molecule has 0 aromatic heterocycles. The van der Waals surface area contributed by atoms with Crippen LogP contribution in [0, 0.1) is 5.92 Å². The number of hydrogen-bond donors (Lipinski definition) is 1. The SMILES string of the molecule is CC(C)OCCCNC(=O)CN1CCCC(C=O)C1. The molecule has 5 nitrogen and oxygen atoms in total. The molecule has 110 valence electrons. The van der Waals surface area contributed by atoms with Crippen LogP contribution in [0.4, 0.5) is 0 Å². The van der Waals surface area contributed by atoms with Crippen molar-refractivity contribution in [1.29, 1.82) is 0 Å². The summed E-state index contributed by atoms with van der Waals surface area (Å²) < 4.78 is 5.40. The quantitative estimate of drug-likeness (QED) is 0.524. The van der Waals surface area contributed by atoms with Gasteiger partial charge in [0.2, 0.25) is 5.91 Å². The Morgan fingerprint density at radius 3 is 3.00 bits per heavy atom. The van der Waals surface area contributed by atoms with Crippen molar-refractivity contribution < 1.29 is 14.3 Å². The fourth-order valence-corrected chi connectivity index (χ4v) is 2.22. The van der Waals surface area contributed by atoms with Crippen LogP contribution in [-0.4, -0.2) is 56.0 Å². The minimum atomic E-state index is 0.0381. The van der Waals surface area contributed by atoms with Gasteiger partial charge in [-0.15, -0.1) is 0 Å². The second-order valence-electron chi connectivity index (χ2n) is 5.40. The Labute approximate surface area is 115 Å². The van der Waals surface area contributed by atoms with Crippen molar-refractivity contribution >= 4 is 12.2 Å². The van der Waals surface area contributed by atoms with Crippen LogP contribution < -0.4 is 5.32 Å². The molecule has 0 aliphatic carbocycles. The van der Waals surface area contributed by atoms with E-state index in [0.29, 0.717) is 26.2 Å². The molecule has 1 aliphatic rings. The Morgan fingerprint density at radius 1 is 1.53 bits per heavy atom. The lowest BCUT2D eigenvalue weighted by atomic mass is 10.00. The molecule has 0 radical (unpaired) electrons. The second kappa shape index (κ2) is 9.04. The smallest absolute Gasteiger partial charge is 0.234 e. The van der Waals surface area contributed by atoms with Gasteiger partial charge in [0, 0.05) is 25.6 Å². The van der Waals surface area contributed by atoms with Crippen LogP contribution in [0.5, 0.6) is 0 Å². The lowest BCUT2D eigenvalue weighted by Crippen LogP contribution is -2.43. The molecule has 1 saturated heterocycles. The number of hydrogen-bond acceptors (Lipinski definition) is 4. The first-order valence-corrected chi connectivity index (χ1v) is 7.17. The average Bonchev–Trinajstić information content (AvgIpc) is 2.38. The molecular weight excluding hydrogens is 244 g/mol. The zero-order valence-corrected chi connectivity index (χ0v) is 12.1. The van der Waals surface area contributed by atoms with E-state index in [1.807, 2.05) is 13.8 Å². The van der Waals surface area contributed by atoms with Crippen LogP contribution in [0.1, 0.15) is 33.1 Å². The summed E-state index contributed by atoms with van der Waals surface area (Å²) in [4.78, 5) is 24.5. The summed E-state index contributed by atoms with van der Waals surface area (Å²) in [7, 11) is 0. The molecule has 0 aromatic carbocycles. The third kappa shape index (κ3) is 7.28. The summed E-state index contributed by atoms with van der Waals surface area (Å²) in [6.07, 6.45) is 4.03. The largest absolute Gasteiger partial charge is 0.379 e. The first-order valence-electron chi connectivity index (χ1n) is 7.17. The Balaban J connectivity index is 2.08. The predicted octanol–water partition coefficient (Wildman–Crippen LogP) is 0.829. The van der Waals surface area contributed by atoms with Gasteiger partial charge in [-0.1, -0.05) is 0 Å². The zero-order valence-electron chi connectivity index (χ0n) is 12.1. The molecule has 0 saturated carbocycles. The predicted molar refractivity (Wildman–Crippen MR) is 73.9 cm³/mol. The van der Waals surface area contributed by atoms with Gasteiger partial charge in [0.05, 0.1) is 12.6 Å². The van der Waals surface area contributed by atoms with Crippen molar-refractivity contribution in [2.24, 2.45) is 5.92 Å². The highest BCUT2D eigenvalue weighted by Gasteiger charge is 2.20. The molecule has 0 aromatic rings. The summed E-state index contributed by atoms with van der Waals surface area (Å²) in [5.74, 6) is 0.136. The Morgan fingerprint density at radius 2 is 2.32 bits per heavy atom. The molecule has 1 rings (SSSR count). The molecule has 1 N–H and O–H groups in total. The number of likely N-dealkylation sites (tertiary alicyclic amines) is 1. The summed E-state index contributed by atoms with van der Waals surface area (Å²) >= 11 is 0. The van der Waals surface area contributed by atoms with E-state index >= 15 is 0 Å². The minimum absolute atomic E-state index is 0.0381. The van der Waals surface area contributed by atoms with Gasteiger partial charge in [0.25, 0.3) is 0 Å². The standard InChI is InChI=1S/C14H26N2O3/c1-12(2)19-8-4-6-15-14(18)10-16-7-3-5-13(9-16)11-17/h11-13H,3-10H2,1-2H3,(H,15,18). The van der Waals surface area contributed by atoms with Crippen LogP contribution in [-0.2, 0) is 14.3 Å². The summed E-state index contributed by atoms with van der Waals surface area (Å²) in [5.41, 5.74) is 0. The molecule has 0 spiro atoms. The fraction of sp³-hybridized carbons (Fsp3) is 0.857. The van der Waals surface area contributed by atoms with E-state index in [4.69, 9.17) is 4.74 Å². The van der Waals surface area contributed by atoms with Crippen molar-refractivity contribution in [3.8, 4) is 0 Å². The zero-order chi connectivity index (χ0) is 14.1. The summed E-state index contributed by atoms with van der Waals surface area (Å²) in [6, 6.07) is 0. The van der Waals surface area contributed by atoms with Gasteiger partial charge in [0.1, 0.15) is 6.29 Å². The van der Waals surface area contributed by atoms with Crippen molar-refractivity contribution in [2.75, 3.05) is 32.8 Å². The molecule has 1 atom stereocenters. The molecule has 1 amide bonds. The van der Waals surface area contributed by atoms with Gasteiger partial charge in [-0.25, -0.2) is 0 Å². The third-order valence-corrected chi connectivity index (χ3v) is 3.20. The highest BCUT2D eigenvalue weighted by atomic mass is 16.5. The number of rotatable bonds is 8. The Bertz CT molecular complexity index is 282. The molecule has 1 heterocycles. The van der Waals surface area contributed by atoms with Crippen molar-refractivity contribution in [1.82, 2.24) is 10.2 Å². The number of carbonyl (C=O) groups excluding carboxylic acids is 2. The van der Waals surface area contributed by atoms with E-state index in [2.05, 4.69) is 10.2 Å². The Kier molecular flexibility index (Phi) is 7.67. The van der Waals surface area contributed by atoms with Crippen LogP contribution in [0.2, 0.25) is 0 Å². The normalized spacial score (nSPS) is 20.5. The van der Waals surface area contributed by atoms with Crippen molar-refractivity contribution in [3.05, 3.63) is 0 Å². The van der Waals surface area contributed by atoms with E-state index < -0.39 is 0 Å². The lowest BCUT2D eigenvalue weighted by Gasteiger charge is -2.29. The average molecular weight is 270 g/mol. The number of nitrogens with zero attached hydrogens (tertiary/aromatic N) is 1. The highest BCUT2D eigenvalue weighted by Crippen LogP contribution is 2.13. The molecular formula is C14H26N2O3. The second-order valence-corrected chi connectivity index (χ2v) is 5.40. The maximum Gasteiger partial charge on any atom is 0.234 e. The molecule has 1 unspecified atom stereocenters. The summed E-state index contributed by atoms with van der Waals surface area (Å²) in [5, 5.41) is 2.89. The fourth-order valence-electron chi connectivity index (χ4n) is 2.22. The topological polar surface area (TPSA) is 58.6 Å². The number of amides is 1. The van der Waals surface area contributed by atoms with E-state index in [1.54, 1.807) is 0 Å². The molecule has 19 heavy (non-hydrogen) atoms.